The van der Waals surface area contributed by atoms with Crippen molar-refractivity contribution in [3.05, 3.63) is 0 Å². The molecule has 2 heteroatoms. The lowest BCUT2D eigenvalue weighted by Crippen LogP contribution is -2.42. The molecule has 0 saturated carbocycles. The van der Waals surface area contributed by atoms with E-state index < -0.39 is 5.60 Å². The van der Waals surface area contributed by atoms with E-state index in [-0.39, 0.29) is 0 Å². The molecule has 0 amide bonds. The first kappa shape index (κ1) is 10.6. The molecule has 1 aliphatic rings. The van der Waals surface area contributed by atoms with Crippen LogP contribution in [0.1, 0.15) is 32.1 Å². The molecule has 1 N–H and O–H groups in total. The van der Waals surface area contributed by atoms with Crippen molar-refractivity contribution < 1.29 is 5.11 Å². The number of rotatable bonds is 3. The van der Waals surface area contributed by atoms with E-state index in [1.54, 1.807) is 0 Å². The normalized spacial score (nSPS) is 22.5. The van der Waals surface area contributed by atoms with Crippen molar-refractivity contribution in [3.63, 3.8) is 0 Å². The molecule has 1 heterocycles. The molecule has 0 radical (unpaired) electrons. The Morgan fingerprint density at radius 2 is 2.08 bits per heavy atom. The van der Waals surface area contributed by atoms with Gasteiger partial charge in [0.1, 0.15) is 0 Å². The molecule has 74 valence electrons. The molecule has 2 nitrogen and oxygen atoms in total. The smallest absolute Gasteiger partial charge is 0.0672 e. The molecular formula is C11H19NO. The molecule has 0 atom stereocenters. The van der Waals surface area contributed by atoms with Gasteiger partial charge in [0.2, 0.25) is 0 Å². The number of piperidine rings is 1. The number of hydrogen-bond donors (Lipinski definition) is 1. The molecule has 0 aliphatic carbocycles. The van der Waals surface area contributed by atoms with Gasteiger partial charge in [0, 0.05) is 19.5 Å². The topological polar surface area (TPSA) is 23.5 Å². The molecule has 0 aromatic heterocycles. The highest BCUT2D eigenvalue weighted by Crippen LogP contribution is 2.26. The molecule has 1 saturated heterocycles. The number of hydrogen-bond acceptors (Lipinski definition) is 2. The van der Waals surface area contributed by atoms with E-state index in [0.29, 0.717) is 0 Å². The molecule has 1 aliphatic heterocycles. The van der Waals surface area contributed by atoms with Crippen molar-refractivity contribution >= 4 is 0 Å². The van der Waals surface area contributed by atoms with Crippen molar-refractivity contribution in [1.29, 1.82) is 0 Å². The quantitative estimate of drug-likeness (QED) is 0.523. The fourth-order valence-electron chi connectivity index (χ4n) is 1.80. The van der Waals surface area contributed by atoms with Crippen molar-refractivity contribution in [2.24, 2.45) is 0 Å². The van der Waals surface area contributed by atoms with Crippen LogP contribution >= 0.6 is 0 Å². The monoisotopic (exact) mass is 181 g/mol. The van der Waals surface area contributed by atoms with E-state index in [2.05, 4.69) is 17.9 Å². The predicted octanol–water partition coefficient (Wildman–Crippen LogP) is 1.25. The van der Waals surface area contributed by atoms with Crippen LogP contribution in [0.3, 0.4) is 0 Å². The molecule has 1 fully saturated rings. The van der Waals surface area contributed by atoms with Crippen LogP contribution in [0.5, 0.6) is 0 Å². The lowest BCUT2D eigenvalue weighted by Gasteiger charge is -2.36. The zero-order chi connectivity index (χ0) is 9.73. The Balaban J connectivity index is 2.27. The van der Waals surface area contributed by atoms with Gasteiger partial charge in [-0.3, -0.25) is 0 Å². The van der Waals surface area contributed by atoms with Crippen LogP contribution < -0.4 is 0 Å². The van der Waals surface area contributed by atoms with E-state index in [1.807, 2.05) is 0 Å². The minimum atomic E-state index is -0.427. The Morgan fingerprint density at radius 3 is 2.62 bits per heavy atom. The van der Waals surface area contributed by atoms with Crippen LogP contribution in [-0.2, 0) is 0 Å². The first-order valence-electron chi connectivity index (χ1n) is 5.01. The van der Waals surface area contributed by atoms with Crippen LogP contribution in [0, 0.1) is 12.3 Å². The summed E-state index contributed by atoms with van der Waals surface area (Å²) in [5.74, 6) is 2.61. The van der Waals surface area contributed by atoms with Crippen LogP contribution in [0.4, 0.5) is 0 Å². The summed E-state index contributed by atoms with van der Waals surface area (Å²) in [5.41, 5.74) is -0.427. The van der Waals surface area contributed by atoms with Crippen LogP contribution in [0.2, 0.25) is 0 Å². The molecule has 0 bridgehead atoms. The first-order valence-corrected chi connectivity index (χ1v) is 5.01. The Kier molecular flexibility index (Phi) is 3.77. The average molecular weight is 181 g/mol. The van der Waals surface area contributed by atoms with Crippen molar-refractivity contribution in [2.75, 3.05) is 20.1 Å². The van der Waals surface area contributed by atoms with Crippen molar-refractivity contribution in [3.8, 4) is 12.3 Å². The maximum Gasteiger partial charge on any atom is 0.0672 e. The first-order chi connectivity index (χ1) is 6.16. The minimum absolute atomic E-state index is 0.427. The SMILES string of the molecule is C#CCCCC1(O)CCN(C)CC1. The van der Waals surface area contributed by atoms with E-state index in [1.165, 1.54) is 0 Å². The molecule has 0 aromatic rings. The summed E-state index contributed by atoms with van der Waals surface area (Å²) < 4.78 is 0. The zero-order valence-electron chi connectivity index (χ0n) is 8.42. The highest BCUT2D eigenvalue weighted by Gasteiger charge is 2.29. The third-order valence-electron chi connectivity index (χ3n) is 2.88. The second kappa shape index (κ2) is 4.64. The fraction of sp³-hybridized carbons (Fsp3) is 0.818. The van der Waals surface area contributed by atoms with Crippen LogP contribution in [0.25, 0.3) is 0 Å². The minimum Gasteiger partial charge on any atom is -0.390 e. The van der Waals surface area contributed by atoms with E-state index in [4.69, 9.17) is 6.42 Å². The second-order valence-corrected chi connectivity index (χ2v) is 4.09. The van der Waals surface area contributed by atoms with Crippen LogP contribution in [0.15, 0.2) is 0 Å². The Morgan fingerprint density at radius 1 is 1.46 bits per heavy atom. The maximum absolute atomic E-state index is 10.1. The number of unbranched alkanes of at least 4 members (excludes halogenated alkanes) is 1. The van der Waals surface area contributed by atoms with Crippen molar-refractivity contribution in [1.82, 2.24) is 4.90 Å². The highest BCUT2D eigenvalue weighted by atomic mass is 16.3. The van der Waals surface area contributed by atoms with Gasteiger partial charge in [-0.2, -0.15) is 0 Å². The molecule has 0 unspecified atom stereocenters. The van der Waals surface area contributed by atoms with E-state index in [0.717, 1.165) is 45.2 Å². The lowest BCUT2D eigenvalue weighted by atomic mass is 9.87. The highest BCUT2D eigenvalue weighted by molar-refractivity contribution is 4.88. The van der Waals surface area contributed by atoms with Crippen molar-refractivity contribution in [2.45, 2.75) is 37.7 Å². The Hall–Kier alpha value is -0.520. The predicted molar refractivity (Wildman–Crippen MR) is 54.4 cm³/mol. The van der Waals surface area contributed by atoms with Gasteiger partial charge in [-0.15, -0.1) is 12.3 Å². The number of aliphatic hydroxyl groups is 1. The maximum atomic E-state index is 10.1. The number of terminal acetylenes is 1. The fourth-order valence-corrected chi connectivity index (χ4v) is 1.80. The molecular weight excluding hydrogens is 162 g/mol. The third-order valence-corrected chi connectivity index (χ3v) is 2.88. The molecule has 13 heavy (non-hydrogen) atoms. The van der Waals surface area contributed by atoms with Crippen LogP contribution in [-0.4, -0.2) is 35.7 Å². The van der Waals surface area contributed by atoms with Gasteiger partial charge in [-0.05, 0) is 32.7 Å². The summed E-state index contributed by atoms with van der Waals surface area (Å²) in [5, 5.41) is 10.1. The number of nitrogens with zero attached hydrogens (tertiary/aromatic N) is 1. The van der Waals surface area contributed by atoms with E-state index >= 15 is 0 Å². The molecule has 0 aromatic carbocycles. The van der Waals surface area contributed by atoms with E-state index in [9.17, 15) is 5.11 Å². The van der Waals surface area contributed by atoms with Gasteiger partial charge in [0.05, 0.1) is 5.60 Å². The summed E-state index contributed by atoms with van der Waals surface area (Å²) in [6.07, 6.45) is 9.57. The Labute approximate surface area is 80.9 Å². The number of likely N-dealkylation sites (tertiary alicyclic amines) is 1. The summed E-state index contributed by atoms with van der Waals surface area (Å²) in [6, 6.07) is 0. The third kappa shape index (κ3) is 3.38. The van der Waals surface area contributed by atoms with Gasteiger partial charge in [-0.1, -0.05) is 0 Å². The molecule has 0 spiro atoms. The van der Waals surface area contributed by atoms with Gasteiger partial charge >= 0.3 is 0 Å². The second-order valence-electron chi connectivity index (χ2n) is 4.09. The average Bonchev–Trinajstić information content (AvgIpc) is 2.12. The largest absolute Gasteiger partial charge is 0.390 e. The molecule has 1 rings (SSSR count). The summed E-state index contributed by atoms with van der Waals surface area (Å²) >= 11 is 0. The Bertz CT molecular complexity index is 187. The van der Waals surface area contributed by atoms with Gasteiger partial charge in [-0.25, -0.2) is 0 Å². The summed E-state index contributed by atoms with van der Waals surface area (Å²) in [4.78, 5) is 2.26. The lowest BCUT2D eigenvalue weighted by molar-refractivity contribution is -0.0233. The standard InChI is InChI=1S/C11H19NO/c1-3-4-5-6-11(13)7-9-12(2)10-8-11/h1,13H,4-10H2,2H3. The summed E-state index contributed by atoms with van der Waals surface area (Å²) in [6.45, 7) is 2.01. The van der Waals surface area contributed by atoms with Gasteiger partial charge in [0.15, 0.2) is 0 Å². The van der Waals surface area contributed by atoms with Gasteiger partial charge in [0.25, 0.3) is 0 Å². The summed E-state index contributed by atoms with van der Waals surface area (Å²) in [7, 11) is 2.10. The zero-order valence-corrected chi connectivity index (χ0v) is 8.42. The van der Waals surface area contributed by atoms with Gasteiger partial charge < -0.3 is 10.0 Å².